The number of ether oxygens (including phenoxy) is 2. The lowest BCUT2D eigenvalue weighted by molar-refractivity contribution is -0.148. The molecule has 240 valence electrons. The van der Waals surface area contributed by atoms with Crippen LogP contribution < -0.4 is 4.74 Å². The predicted octanol–water partition coefficient (Wildman–Crippen LogP) is 7.26. The van der Waals surface area contributed by atoms with Crippen LogP contribution in [-0.4, -0.2) is 62.0 Å². The summed E-state index contributed by atoms with van der Waals surface area (Å²) in [6, 6.07) is 13.3. The van der Waals surface area contributed by atoms with Gasteiger partial charge in [0, 0.05) is 22.1 Å². The van der Waals surface area contributed by atoms with Crippen LogP contribution in [0.2, 0.25) is 0 Å². The van der Waals surface area contributed by atoms with Gasteiger partial charge in [0.25, 0.3) is 0 Å². The van der Waals surface area contributed by atoms with Crippen LogP contribution in [0.25, 0.3) is 16.8 Å². The Bertz CT molecular complexity index is 1620. The molecule has 1 fully saturated rings. The second-order valence-electron chi connectivity index (χ2n) is 11.0. The molecule has 0 aliphatic carbocycles. The van der Waals surface area contributed by atoms with Crippen molar-refractivity contribution in [3.8, 4) is 5.75 Å². The van der Waals surface area contributed by atoms with Gasteiger partial charge in [0.2, 0.25) is 0 Å². The summed E-state index contributed by atoms with van der Waals surface area (Å²) in [6.07, 6.45) is 4.15. The maximum Gasteiger partial charge on any atom is 0.340 e. The van der Waals surface area contributed by atoms with E-state index in [-0.39, 0.29) is 29.2 Å². The number of halogens is 6. The van der Waals surface area contributed by atoms with Gasteiger partial charge in [0.1, 0.15) is 35.6 Å². The second-order valence-corrected chi connectivity index (χ2v) is 12.6. The van der Waals surface area contributed by atoms with E-state index in [2.05, 4.69) is 10.1 Å². The number of hydrogen-bond acceptors (Lipinski definition) is 6. The first-order chi connectivity index (χ1) is 21.4. The third-order valence-electron chi connectivity index (χ3n) is 7.70. The van der Waals surface area contributed by atoms with E-state index < -0.39 is 41.4 Å². The maximum atomic E-state index is 14.8. The molecule has 1 aromatic heterocycles. The molecule has 4 aromatic rings. The summed E-state index contributed by atoms with van der Waals surface area (Å²) in [5.41, 5.74) is -0.842. The van der Waals surface area contributed by atoms with Crippen molar-refractivity contribution in [3.05, 3.63) is 96.1 Å². The number of rotatable bonds is 12. The van der Waals surface area contributed by atoms with Crippen LogP contribution in [0.15, 0.2) is 73.3 Å². The summed E-state index contributed by atoms with van der Waals surface area (Å²) in [6.45, 7) is 0.717. The maximum absolute atomic E-state index is 14.8. The molecule has 1 N–H and O–H groups in total. The van der Waals surface area contributed by atoms with E-state index in [0.717, 1.165) is 29.5 Å². The second kappa shape index (κ2) is 13.8. The number of nitrogens with zero attached hydrogens (tertiary/aromatic N) is 3. The smallest absolute Gasteiger partial charge is 0.340 e. The topological polar surface area (TPSA) is 69.4 Å². The van der Waals surface area contributed by atoms with Gasteiger partial charge in [-0.25, -0.2) is 27.2 Å². The summed E-state index contributed by atoms with van der Waals surface area (Å²) in [5, 5.41) is 16.9. The molecule has 0 saturated carbocycles. The zero-order valence-corrected chi connectivity index (χ0v) is 24.9. The minimum absolute atomic E-state index is 0.0214. The molecule has 1 saturated heterocycles. The van der Waals surface area contributed by atoms with Crippen molar-refractivity contribution in [3.63, 3.8) is 0 Å². The van der Waals surface area contributed by atoms with E-state index in [4.69, 9.17) is 9.47 Å². The van der Waals surface area contributed by atoms with Gasteiger partial charge in [-0.15, -0.1) is 11.8 Å². The molecule has 13 heteroatoms. The number of thioether (sulfide) groups is 1. The fourth-order valence-electron chi connectivity index (χ4n) is 5.14. The lowest BCUT2D eigenvalue weighted by Gasteiger charge is -2.37. The molecule has 1 aliphatic heterocycles. The molecule has 0 amide bonds. The zero-order valence-electron chi connectivity index (χ0n) is 24.1. The molecule has 5 rings (SSSR count). The third kappa shape index (κ3) is 8.00. The van der Waals surface area contributed by atoms with E-state index in [1.165, 1.54) is 47.3 Å². The van der Waals surface area contributed by atoms with Gasteiger partial charge in [0.15, 0.2) is 6.61 Å². The van der Waals surface area contributed by atoms with Gasteiger partial charge < -0.3 is 14.6 Å². The highest BCUT2D eigenvalue weighted by Gasteiger charge is 2.42. The third-order valence-corrected chi connectivity index (χ3v) is 9.25. The number of alkyl halides is 4. The van der Waals surface area contributed by atoms with Crippen molar-refractivity contribution >= 4 is 28.6 Å². The zero-order chi connectivity index (χ0) is 32.2. The average molecular weight is 652 g/mol. The molecule has 6 nitrogen and oxygen atoms in total. The van der Waals surface area contributed by atoms with Crippen molar-refractivity contribution in [1.29, 1.82) is 0 Å². The number of aromatic nitrogens is 3. The predicted molar refractivity (Wildman–Crippen MR) is 160 cm³/mol. The summed E-state index contributed by atoms with van der Waals surface area (Å²) >= 11 is 1.47. The van der Waals surface area contributed by atoms with Gasteiger partial charge >= 0.3 is 12.3 Å². The Morgan fingerprint density at radius 3 is 2.56 bits per heavy atom. The molecule has 3 aromatic carbocycles. The van der Waals surface area contributed by atoms with Crippen LogP contribution in [-0.2, 0) is 16.9 Å². The molecular weight excluding hydrogens is 620 g/mol. The Labute approximate surface area is 260 Å². The van der Waals surface area contributed by atoms with Crippen molar-refractivity contribution in [2.24, 2.45) is 0 Å². The highest BCUT2D eigenvalue weighted by Crippen LogP contribution is 2.40. The van der Waals surface area contributed by atoms with Crippen LogP contribution in [0.1, 0.15) is 30.9 Å². The number of benzene rings is 3. The summed E-state index contributed by atoms with van der Waals surface area (Å²) in [4.78, 5) is 3.90. The van der Waals surface area contributed by atoms with Crippen molar-refractivity contribution in [2.45, 2.75) is 60.9 Å². The minimum Gasteiger partial charge on any atom is -0.487 e. The molecule has 0 spiro atoms. The van der Waals surface area contributed by atoms with E-state index in [1.54, 1.807) is 19.1 Å². The molecule has 2 heterocycles. The molecule has 1 aliphatic rings. The van der Waals surface area contributed by atoms with E-state index in [0.29, 0.717) is 18.4 Å². The van der Waals surface area contributed by atoms with Gasteiger partial charge in [-0.05, 0) is 53.4 Å². The van der Waals surface area contributed by atoms with Crippen molar-refractivity contribution < 1.29 is 40.9 Å². The van der Waals surface area contributed by atoms with Crippen LogP contribution in [0, 0.1) is 11.6 Å². The van der Waals surface area contributed by atoms with E-state index >= 15 is 0 Å². The van der Waals surface area contributed by atoms with Gasteiger partial charge in [-0.3, -0.25) is 0 Å². The fourth-order valence-corrected chi connectivity index (χ4v) is 6.57. The van der Waals surface area contributed by atoms with E-state index in [1.807, 2.05) is 24.3 Å². The Morgan fingerprint density at radius 1 is 1.09 bits per heavy atom. The monoisotopic (exact) mass is 651 g/mol. The average Bonchev–Trinajstić information content (AvgIpc) is 3.52. The Morgan fingerprint density at radius 2 is 1.87 bits per heavy atom. The molecule has 0 radical (unpaired) electrons. The van der Waals surface area contributed by atoms with Gasteiger partial charge in [-0.2, -0.15) is 13.9 Å². The minimum atomic E-state index is -4.23. The van der Waals surface area contributed by atoms with Crippen LogP contribution in [0.4, 0.5) is 26.3 Å². The summed E-state index contributed by atoms with van der Waals surface area (Å²) < 4.78 is 92.0. The van der Waals surface area contributed by atoms with Gasteiger partial charge in [0.05, 0.1) is 19.3 Å². The number of fused-ring (bicyclic) bond motifs is 1. The normalized spacial score (nSPS) is 19.7. The van der Waals surface area contributed by atoms with Gasteiger partial charge in [-0.1, -0.05) is 43.3 Å². The quantitative estimate of drug-likeness (QED) is 0.163. The van der Waals surface area contributed by atoms with Crippen LogP contribution >= 0.6 is 11.8 Å². The van der Waals surface area contributed by atoms with Crippen LogP contribution in [0.5, 0.6) is 5.75 Å². The highest BCUT2D eigenvalue weighted by molar-refractivity contribution is 8.00. The molecular formula is C32H31F6N3O3S. The fraction of sp³-hybridized carbons (Fsp3) is 0.375. The standard InChI is InChI=1S/C32H31F6N3O3S/c1-20(31(42,16-41-19-39-18-40-41)28-11-6-24(33)14-29(28)34)45-27-10-9-25(43-15-27)7-3-21-2-4-23-13-26(8-5-22(23)12-21)44-17-32(37,38)30(35)36/h2-8,11-14,18-20,25,27,30,42H,9-10,15-17H2,1H3/b7-3+/t20-,25-,27-,31-/m1/s1. The lowest BCUT2D eigenvalue weighted by atomic mass is 9.90. The number of hydrogen-bond donors (Lipinski definition) is 1. The Hall–Kier alpha value is -3.55. The Kier molecular flexibility index (Phi) is 10.1. The highest BCUT2D eigenvalue weighted by atomic mass is 32.2. The summed E-state index contributed by atoms with van der Waals surface area (Å²) in [5.74, 6) is -5.73. The SMILES string of the molecule is C[C@@H](S[C@@H]1CC[C@@H](/C=C/c2ccc3cc(OCC(F)(F)C(F)F)ccc3c2)OC1)[C@](O)(Cn1cncn1)c1ccc(F)cc1F. The summed E-state index contributed by atoms with van der Waals surface area (Å²) in [7, 11) is 0. The Balaban J connectivity index is 1.18. The number of aliphatic hydroxyl groups is 1. The first-order valence-corrected chi connectivity index (χ1v) is 15.2. The van der Waals surface area contributed by atoms with Crippen molar-refractivity contribution in [1.82, 2.24) is 14.8 Å². The lowest BCUT2D eigenvalue weighted by Crippen LogP contribution is -2.43. The first kappa shape index (κ1) is 32.8. The van der Waals surface area contributed by atoms with Crippen molar-refractivity contribution in [2.75, 3.05) is 13.2 Å². The largest absolute Gasteiger partial charge is 0.487 e. The molecule has 0 bridgehead atoms. The van der Waals surface area contributed by atoms with E-state index in [9.17, 15) is 31.4 Å². The molecule has 0 unspecified atom stereocenters. The molecule has 45 heavy (non-hydrogen) atoms. The van der Waals surface area contributed by atoms with Crippen LogP contribution in [0.3, 0.4) is 0 Å². The molecule has 4 atom stereocenters. The first-order valence-electron chi connectivity index (χ1n) is 14.2.